The van der Waals surface area contributed by atoms with Crippen molar-refractivity contribution in [3.8, 4) is 39.6 Å². The van der Waals surface area contributed by atoms with Crippen LogP contribution in [0.2, 0.25) is 0 Å². The summed E-state index contributed by atoms with van der Waals surface area (Å²) in [5.74, 6) is 0.893. The molecule has 0 atom stereocenters. The summed E-state index contributed by atoms with van der Waals surface area (Å²) in [5.41, 5.74) is 12.5. The molecule has 12 aromatic rings. The molecule has 12 rings (SSSR count). The average molecular weight is 727 g/mol. The van der Waals surface area contributed by atoms with Gasteiger partial charge in [-0.2, -0.15) is 0 Å². The summed E-state index contributed by atoms with van der Waals surface area (Å²) >= 11 is 0. The second kappa shape index (κ2) is 12.4. The first-order valence-corrected chi connectivity index (χ1v) is 19.5. The topological polar surface area (TPSA) is 27.7 Å². The number of aromatic nitrogens is 4. The molecule has 0 radical (unpaired) electrons. The van der Waals surface area contributed by atoms with Crippen LogP contribution in [-0.4, -0.2) is 18.7 Å². The highest BCUT2D eigenvalue weighted by atomic mass is 15.1. The molecule has 0 amide bonds. The summed E-state index contributed by atoms with van der Waals surface area (Å²) in [6, 6.07) is 72.0. The number of benzene rings is 8. The van der Waals surface area contributed by atoms with Gasteiger partial charge in [-0.15, -0.1) is 0 Å². The van der Waals surface area contributed by atoms with Gasteiger partial charge in [0.25, 0.3) is 0 Å². The minimum Gasteiger partial charge on any atom is -0.317 e. The van der Waals surface area contributed by atoms with Crippen molar-refractivity contribution in [3.63, 3.8) is 0 Å². The van der Waals surface area contributed by atoms with Crippen LogP contribution in [0.1, 0.15) is 0 Å². The second-order valence-corrected chi connectivity index (χ2v) is 14.8. The molecule has 0 fully saturated rings. The Balaban J connectivity index is 1.08. The maximum atomic E-state index is 5.35. The van der Waals surface area contributed by atoms with Crippen molar-refractivity contribution in [1.82, 2.24) is 18.7 Å². The smallest absolute Gasteiger partial charge is 0.138 e. The molecular weight excluding hydrogens is 693 g/mol. The average Bonchev–Trinajstić information content (AvgIpc) is 3.97. The summed E-state index contributed by atoms with van der Waals surface area (Å²) < 4.78 is 7.06. The van der Waals surface area contributed by atoms with Crippen molar-refractivity contribution in [2.45, 2.75) is 0 Å². The quantitative estimate of drug-likeness (QED) is 0.174. The third-order valence-corrected chi connectivity index (χ3v) is 11.7. The minimum absolute atomic E-state index is 0.893. The molecule has 0 aliphatic heterocycles. The van der Waals surface area contributed by atoms with Gasteiger partial charge in [0.15, 0.2) is 0 Å². The highest BCUT2D eigenvalue weighted by Crippen LogP contribution is 2.41. The van der Waals surface area contributed by atoms with E-state index >= 15 is 0 Å². The van der Waals surface area contributed by atoms with Crippen molar-refractivity contribution >= 4 is 65.3 Å². The van der Waals surface area contributed by atoms with Crippen molar-refractivity contribution < 1.29 is 0 Å². The van der Waals surface area contributed by atoms with Gasteiger partial charge in [-0.1, -0.05) is 127 Å². The lowest BCUT2D eigenvalue weighted by molar-refractivity contribution is 1.08. The predicted molar refractivity (Wildman–Crippen MR) is 238 cm³/mol. The summed E-state index contributed by atoms with van der Waals surface area (Å²) in [5, 5.41) is 8.68. The molecule has 4 aromatic heterocycles. The van der Waals surface area contributed by atoms with Gasteiger partial charge in [0, 0.05) is 50.1 Å². The van der Waals surface area contributed by atoms with E-state index in [0.29, 0.717) is 0 Å². The number of nitrogens with zero attached hydrogens (tertiary/aromatic N) is 4. The molecule has 0 N–H and O–H groups in total. The molecule has 4 heterocycles. The van der Waals surface area contributed by atoms with E-state index in [-0.39, 0.29) is 0 Å². The Morgan fingerprint density at radius 2 is 0.912 bits per heavy atom. The molecule has 4 heteroatoms. The van der Waals surface area contributed by atoms with E-state index in [1.165, 1.54) is 54.3 Å². The zero-order valence-electron chi connectivity index (χ0n) is 30.9. The fraction of sp³-hybridized carbons (Fsp3) is 0. The van der Waals surface area contributed by atoms with E-state index in [2.05, 4.69) is 220 Å². The lowest BCUT2D eigenvalue weighted by atomic mass is 10.0. The van der Waals surface area contributed by atoms with Crippen LogP contribution in [-0.2, 0) is 0 Å². The summed E-state index contributed by atoms with van der Waals surface area (Å²) in [6.07, 6.45) is 2.19. The Morgan fingerprint density at radius 3 is 1.70 bits per heavy atom. The molecule has 0 saturated carbocycles. The summed E-state index contributed by atoms with van der Waals surface area (Å²) in [4.78, 5) is 5.35. The van der Waals surface area contributed by atoms with Crippen LogP contribution in [0.5, 0.6) is 0 Å². The second-order valence-electron chi connectivity index (χ2n) is 14.8. The standard InChI is InChI=1S/C53H34N4/c1-4-14-35(15-5-1)37-32-46(36-16-6-2-7-17-36)54-52(33-37)57-48-22-12-10-20-41(48)45-34-39(24-27-50(45)57)56-49-23-13-11-21-44(49)53-43-26-28-47-42(40(43)25-29-51(53)56)30-31-55(47)38-18-8-3-9-19-38/h1-34H. The number of rotatable bonds is 5. The van der Waals surface area contributed by atoms with Crippen molar-refractivity contribution in [2.75, 3.05) is 0 Å². The Hall–Kier alpha value is -7.69. The van der Waals surface area contributed by atoms with E-state index in [4.69, 9.17) is 4.98 Å². The van der Waals surface area contributed by atoms with Crippen LogP contribution < -0.4 is 0 Å². The molecule has 0 aliphatic carbocycles. The predicted octanol–water partition coefficient (Wildman–Crippen LogP) is 13.7. The van der Waals surface area contributed by atoms with Gasteiger partial charge >= 0.3 is 0 Å². The minimum atomic E-state index is 0.893. The zero-order valence-corrected chi connectivity index (χ0v) is 30.9. The van der Waals surface area contributed by atoms with Crippen LogP contribution in [0.25, 0.3) is 105 Å². The summed E-state index contributed by atoms with van der Waals surface area (Å²) in [6.45, 7) is 0. The first-order chi connectivity index (χ1) is 28.3. The van der Waals surface area contributed by atoms with Crippen LogP contribution in [0, 0.1) is 0 Å². The van der Waals surface area contributed by atoms with Gasteiger partial charge in [-0.3, -0.25) is 4.57 Å². The van der Waals surface area contributed by atoms with Gasteiger partial charge in [-0.05, 0) is 94.7 Å². The lowest BCUT2D eigenvalue weighted by Gasteiger charge is -2.13. The van der Waals surface area contributed by atoms with E-state index in [1.54, 1.807) is 0 Å². The Kier molecular flexibility index (Phi) is 6.89. The lowest BCUT2D eigenvalue weighted by Crippen LogP contribution is -2.00. The number of para-hydroxylation sites is 3. The molecule has 8 aromatic carbocycles. The Bertz CT molecular complexity index is 3440. The number of fused-ring (bicyclic) bond motifs is 10. The van der Waals surface area contributed by atoms with Gasteiger partial charge in [0.05, 0.1) is 33.3 Å². The third-order valence-electron chi connectivity index (χ3n) is 11.7. The van der Waals surface area contributed by atoms with E-state index in [9.17, 15) is 0 Å². The molecule has 57 heavy (non-hydrogen) atoms. The number of pyridine rings is 1. The van der Waals surface area contributed by atoms with Crippen LogP contribution in [0.3, 0.4) is 0 Å². The molecule has 0 unspecified atom stereocenters. The van der Waals surface area contributed by atoms with Gasteiger partial charge in [0.1, 0.15) is 5.82 Å². The zero-order chi connectivity index (χ0) is 37.5. The first kappa shape index (κ1) is 31.6. The van der Waals surface area contributed by atoms with E-state index < -0.39 is 0 Å². The monoisotopic (exact) mass is 726 g/mol. The van der Waals surface area contributed by atoms with Crippen LogP contribution >= 0.6 is 0 Å². The highest BCUT2D eigenvalue weighted by molar-refractivity contribution is 6.25. The molecule has 266 valence electrons. The van der Waals surface area contributed by atoms with Crippen LogP contribution in [0.15, 0.2) is 206 Å². The van der Waals surface area contributed by atoms with Crippen molar-refractivity contribution in [1.29, 1.82) is 0 Å². The number of hydrogen-bond donors (Lipinski definition) is 0. The normalized spacial score (nSPS) is 11.9. The van der Waals surface area contributed by atoms with Crippen molar-refractivity contribution in [3.05, 3.63) is 206 Å². The molecule has 0 bridgehead atoms. The molecular formula is C53H34N4. The molecule has 0 saturated heterocycles. The molecule has 4 nitrogen and oxygen atoms in total. The van der Waals surface area contributed by atoms with Gasteiger partial charge in [-0.25, -0.2) is 4.98 Å². The van der Waals surface area contributed by atoms with Gasteiger partial charge in [0.2, 0.25) is 0 Å². The SMILES string of the molecule is c1ccc(-c2cc(-c3ccccc3)nc(-n3c4ccccc4c4cc(-n5c6ccccc6c6c7ccc8c(ccn8-c8ccccc8)c7ccc65)ccc43)c2)cc1. The highest BCUT2D eigenvalue weighted by Gasteiger charge is 2.20. The van der Waals surface area contributed by atoms with Crippen molar-refractivity contribution in [2.24, 2.45) is 0 Å². The molecule has 0 aliphatic rings. The fourth-order valence-electron chi connectivity index (χ4n) is 9.12. The van der Waals surface area contributed by atoms with E-state index in [1.807, 2.05) is 0 Å². The maximum absolute atomic E-state index is 5.35. The third kappa shape index (κ3) is 4.84. The maximum Gasteiger partial charge on any atom is 0.138 e. The first-order valence-electron chi connectivity index (χ1n) is 19.5. The van der Waals surface area contributed by atoms with E-state index in [0.717, 1.165) is 50.6 Å². The molecule has 0 spiro atoms. The number of hydrogen-bond acceptors (Lipinski definition) is 1. The Morgan fingerprint density at radius 1 is 0.316 bits per heavy atom. The fourth-order valence-corrected chi connectivity index (χ4v) is 9.12. The summed E-state index contributed by atoms with van der Waals surface area (Å²) in [7, 11) is 0. The van der Waals surface area contributed by atoms with Gasteiger partial charge < -0.3 is 9.13 Å². The van der Waals surface area contributed by atoms with Crippen LogP contribution in [0.4, 0.5) is 0 Å². The largest absolute Gasteiger partial charge is 0.317 e. The Labute approximate surface area is 328 Å².